The van der Waals surface area contributed by atoms with Gasteiger partial charge in [0.25, 0.3) is 11.5 Å². The van der Waals surface area contributed by atoms with Gasteiger partial charge < -0.3 is 4.57 Å². The highest BCUT2D eigenvalue weighted by Gasteiger charge is 2.15. The zero-order valence-electron chi connectivity index (χ0n) is 15.0. The second-order valence-corrected chi connectivity index (χ2v) is 7.85. The average Bonchev–Trinajstić information content (AvgIpc) is 3.07. The molecular weight excluding hydrogens is 394 g/mol. The van der Waals surface area contributed by atoms with Crippen LogP contribution in [-0.4, -0.2) is 15.5 Å². The van der Waals surface area contributed by atoms with Crippen LogP contribution in [0.5, 0.6) is 0 Å². The molecule has 0 aliphatic heterocycles. The van der Waals surface area contributed by atoms with Crippen molar-refractivity contribution in [2.75, 3.05) is 5.32 Å². The summed E-state index contributed by atoms with van der Waals surface area (Å²) in [6, 6.07) is 16.4. The maximum atomic E-state index is 12.8. The SMILES string of the molecule is Cc1cccc2sc(NC(=O)c3cccn(Cc4cccc(Cl)c4)c3=O)nc12. The molecule has 0 bridgehead atoms. The number of nitrogens with zero attached hydrogens (tertiary/aromatic N) is 2. The molecule has 0 aliphatic rings. The summed E-state index contributed by atoms with van der Waals surface area (Å²) in [5, 5.41) is 3.82. The Morgan fingerprint density at radius 1 is 1.18 bits per heavy atom. The van der Waals surface area contributed by atoms with E-state index in [2.05, 4.69) is 10.3 Å². The van der Waals surface area contributed by atoms with Crippen LogP contribution in [0.2, 0.25) is 5.02 Å². The third-order valence-electron chi connectivity index (χ3n) is 4.35. The van der Waals surface area contributed by atoms with Crippen LogP contribution in [0.15, 0.2) is 65.6 Å². The number of aryl methyl sites for hydroxylation is 1. The van der Waals surface area contributed by atoms with Crippen LogP contribution in [0.25, 0.3) is 10.2 Å². The second-order valence-electron chi connectivity index (χ2n) is 6.38. The predicted octanol–water partition coefficient (Wildman–Crippen LogP) is 4.72. The average molecular weight is 410 g/mol. The Kier molecular flexibility index (Phi) is 4.98. The molecule has 0 saturated heterocycles. The lowest BCUT2D eigenvalue weighted by atomic mass is 10.2. The highest BCUT2D eigenvalue weighted by Crippen LogP contribution is 2.28. The number of hydrogen-bond acceptors (Lipinski definition) is 4. The molecular formula is C21H16ClN3O2S. The normalized spacial score (nSPS) is 10.9. The molecule has 4 rings (SSSR count). The van der Waals surface area contributed by atoms with E-state index in [4.69, 9.17) is 11.6 Å². The fraction of sp³-hybridized carbons (Fsp3) is 0.0952. The molecule has 4 aromatic rings. The molecule has 0 fully saturated rings. The zero-order chi connectivity index (χ0) is 19.7. The van der Waals surface area contributed by atoms with Crippen LogP contribution in [0.3, 0.4) is 0 Å². The number of pyridine rings is 1. The highest BCUT2D eigenvalue weighted by atomic mass is 35.5. The van der Waals surface area contributed by atoms with Crippen molar-refractivity contribution >= 4 is 44.2 Å². The van der Waals surface area contributed by atoms with E-state index < -0.39 is 5.91 Å². The number of carbonyl (C=O) groups is 1. The fourth-order valence-corrected chi connectivity index (χ4v) is 4.12. The first kappa shape index (κ1) is 18.4. The Morgan fingerprint density at radius 2 is 2.00 bits per heavy atom. The third kappa shape index (κ3) is 3.69. The minimum atomic E-state index is -0.470. The first-order chi connectivity index (χ1) is 13.5. The Morgan fingerprint density at radius 3 is 2.79 bits per heavy atom. The van der Waals surface area contributed by atoms with Crippen LogP contribution in [0, 0.1) is 6.92 Å². The molecule has 2 aromatic carbocycles. The summed E-state index contributed by atoms with van der Waals surface area (Å²) in [6.07, 6.45) is 1.65. The minimum Gasteiger partial charge on any atom is -0.310 e. The van der Waals surface area contributed by atoms with E-state index in [1.807, 2.05) is 37.3 Å². The first-order valence-corrected chi connectivity index (χ1v) is 9.82. The molecule has 0 radical (unpaired) electrons. The maximum Gasteiger partial charge on any atom is 0.263 e. The Bertz CT molecular complexity index is 1250. The summed E-state index contributed by atoms with van der Waals surface area (Å²) in [7, 11) is 0. The topological polar surface area (TPSA) is 64.0 Å². The van der Waals surface area contributed by atoms with Gasteiger partial charge >= 0.3 is 0 Å². The summed E-state index contributed by atoms with van der Waals surface area (Å²) in [4.78, 5) is 29.9. The predicted molar refractivity (Wildman–Crippen MR) is 114 cm³/mol. The molecule has 0 unspecified atom stereocenters. The smallest absolute Gasteiger partial charge is 0.263 e. The zero-order valence-corrected chi connectivity index (χ0v) is 16.6. The maximum absolute atomic E-state index is 12.8. The standard InChI is InChI=1S/C21H16ClN3O2S/c1-13-5-2-9-17-18(13)23-21(28-17)24-19(26)16-8-4-10-25(20(16)27)12-14-6-3-7-15(22)11-14/h2-11H,12H2,1H3,(H,23,24,26). The van der Waals surface area contributed by atoms with Crippen molar-refractivity contribution < 1.29 is 4.79 Å². The molecule has 140 valence electrons. The van der Waals surface area contributed by atoms with E-state index in [0.29, 0.717) is 16.7 Å². The van der Waals surface area contributed by atoms with E-state index in [1.54, 1.807) is 24.4 Å². The van der Waals surface area contributed by atoms with Crippen molar-refractivity contribution in [3.63, 3.8) is 0 Å². The van der Waals surface area contributed by atoms with E-state index in [-0.39, 0.29) is 11.1 Å². The molecule has 2 aromatic heterocycles. The van der Waals surface area contributed by atoms with E-state index in [0.717, 1.165) is 21.3 Å². The van der Waals surface area contributed by atoms with Crippen molar-refractivity contribution in [1.82, 2.24) is 9.55 Å². The molecule has 2 heterocycles. The molecule has 0 saturated carbocycles. The van der Waals surface area contributed by atoms with Gasteiger partial charge in [0.1, 0.15) is 5.56 Å². The number of carbonyl (C=O) groups excluding carboxylic acids is 1. The number of hydrogen-bond donors (Lipinski definition) is 1. The van der Waals surface area contributed by atoms with Gasteiger partial charge in [0.05, 0.1) is 16.8 Å². The van der Waals surface area contributed by atoms with Gasteiger partial charge in [-0.2, -0.15) is 0 Å². The number of fused-ring (bicyclic) bond motifs is 1. The van der Waals surface area contributed by atoms with E-state index in [1.165, 1.54) is 22.0 Å². The molecule has 1 amide bonds. The number of para-hydroxylation sites is 1. The van der Waals surface area contributed by atoms with Crippen LogP contribution in [0.4, 0.5) is 5.13 Å². The summed E-state index contributed by atoms with van der Waals surface area (Å²) < 4.78 is 2.48. The number of rotatable bonds is 4. The molecule has 28 heavy (non-hydrogen) atoms. The quantitative estimate of drug-likeness (QED) is 0.530. The Hall–Kier alpha value is -2.96. The lowest BCUT2D eigenvalue weighted by Crippen LogP contribution is -2.29. The largest absolute Gasteiger partial charge is 0.310 e. The minimum absolute atomic E-state index is 0.0699. The fourth-order valence-electron chi connectivity index (χ4n) is 2.97. The van der Waals surface area contributed by atoms with E-state index >= 15 is 0 Å². The second kappa shape index (κ2) is 7.58. The summed E-state index contributed by atoms with van der Waals surface area (Å²) in [6.45, 7) is 2.31. The molecule has 1 N–H and O–H groups in total. The van der Waals surface area contributed by atoms with Crippen molar-refractivity contribution in [2.45, 2.75) is 13.5 Å². The third-order valence-corrected chi connectivity index (χ3v) is 5.52. The molecule has 5 nitrogen and oxygen atoms in total. The number of benzene rings is 2. The van der Waals surface area contributed by atoms with Crippen molar-refractivity contribution in [3.8, 4) is 0 Å². The van der Waals surface area contributed by atoms with Crippen LogP contribution in [-0.2, 0) is 6.54 Å². The lowest BCUT2D eigenvalue weighted by Gasteiger charge is -2.08. The van der Waals surface area contributed by atoms with Gasteiger partial charge in [-0.15, -0.1) is 0 Å². The number of thiazole rings is 1. The number of halogens is 1. The van der Waals surface area contributed by atoms with Gasteiger partial charge in [0, 0.05) is 11.2 Å². The van der Waals surface area contributed by atoms with Crippen molar-refractivity contribution in [1.29, 1.82) is 0 Å². The molecule has 0 atom stereocenters. The van der Waals surface area contributed by atoms with Crippen LogP contribution < -0.4 is 10.9 Å². The monoisotopic (exact) mass is 409 g/mol. The first-order valence-electron chi connectivity index (χ1n) is 8.63. The lowest BCUT2D eigenvalue weighted by molar-refractivity contribution is 0.102. The highest BCUT2D eigenvalue weighted by molar-refractivity contribution is 7.22. The summed E-state index contributed by atoms with van der Waals surface area (Å²) >= 11 is 7.39. The Labute approximate surface area is 170 Å². The van der Waals surface area contributed by atoms with Crippen molar-refractivity contribution in [3.05, 3.63) is 92.9 Å². The van der Waals surface area contributed by atoms with Gasteiger partial charge in [-0.05, 0) is 48.4 Å². The number of amides is 1. The summed E-state index contributed by atoms with van der Waals surface area (Å²) in [5.41, 5.74) is 2.48. The summed E-state index contributed by atoms with van der Waals surface area (Å²) in [5.74, 6) is -0.470. The van der Waals surface area contributed by atoms with Gasteiger partial charge in [-0.3, -0.25) is 14.9 Å². The van der Waals surface area contributed by atoms with Gasteiger partial charge in [-0.1, -0.05) is 47.2 Å². The molecule has 7 heteroatoms. The van der Waals surface area contributed by atoms with Gasteiger partial charge in [-0.25, -0.2) is 4.98 Å². The number of anilines is 1. The molecule has 0 spiro atoms. The van der Waals surface area contributed by atoms with Gasteiger partial charge in [0.2, 0.25) is 0 Å². The molecule has 0 aliphatic carbocycles. The Balaban J connectivity index is 1.60. The van der Waals surface area contributed by atoms with Crippen LogP contribution >= 0.6 is 22.9 Å². The van der Waals surface area contributed by atoms with Gasteiger partial charge in [0.15, 0.2) is 5.13 Å². The van der Waals surface area contributed by atoms with Crippen LogP contribution in [0.1, 0.15) is 21.5 Å². The number of nitrogens with one attached hydrogen (secondary N) is 1. The van der Waals surface area contributed by atoms with Crippen molar-refractivity contribution in [2.24, 2.45) is 0 Å². The number of aromatic nitrogens is 2. The van der Waals surface area contributed by atoms with E-state index in [9.17, 15) is 9.59 Å².